The van der Waals surface area contributed by atoms with Gasteiger partial charge < -0.3 is 19.8 Å². The number of methoxy groups -OCH3 is 1. The maximum Gasteiger partial charge on any atom is 0.225 e. The number of hydrogen-bond donors (Lipinski definition) is 2. The van der Waals surface area contributed by atoms with E-state index in [1.54, 1.807) is 25.8 Å². The molecule has 1 atom stereocenters. The van der Waals surface area contributed by atoms with Crippen LogP contribution in [0, 0.1) is 0 Å². The number of aliphatic imine (C=N–C) groups is 1. The number of rotatable bonds is 4. The van der Waals surface area contributed by atoms with Gasteiger partial charge in [-0.2, -0.15) is 0 Å². The van der Waals surface area contributed by atoms with Gasteiger partial charge >= 0.3 is 0 Å². The minimum absolute atomic E-state index is 0.253. The number of ether oxygens (including phenoxy) is 1. The number of benzene rings is 2. The third-order valence-electron chi connectivity index (χ3n) is 4.84. The fraction of sp³-hybridized carbons (Fsp3) is 0.0870. The summed E-state index contributed by atoms with van der Waals surface area (Å²) < 4.78 is 10.8. The van der Waals surface area contributed by atoms with E-state index in [-0.39, 0.29) is 6.17 Å². The first-order valence-electron chi connectivity index (χ1n) is 9.50. The molecule has 1 aliphatic heterocycles. The number of anilines is 2. The molecule has 3 heterocycles. The van der Waals surface area contributed by atoms with Crippen molar-refractivity contribution in [3.05, 3.63) is 90.6 Å². The molecule has 0 amide bonds. The van der Waals surface area contributed by atoms with Gasteiger partial charge in [-0.25, -0.2) is 9.98 Å². The van der Waals surface area contributed by atoms with Crippen molar-refractivity contribution >= 4 is 17.2 Å². The van der Waals surface area contributed by atoms with E-state index in [0.29, 0.717) is 5.89 Å². The van der Waals surface area contributed by atoms with E-state index in [1.807, 2.05) is 60.8 Å². The molecule has 1 aliphatic rings. The predicted molar refractivity (Wildman–Crippen MR) is 116 cm³/mol. The maximum atomic E-state index is 5.42. The van der Waals surface area contributed by atoms with Crippen LogP contribution >= 0.6 is 0 Å². The fourth-order valence-electron chi connectivity index (χ4n) is 3.38. The molecule has 2 N–H and O–H groups in total. The van der Waals surface area contributed by atoms with Crippen molar-refractivity contribution in [1.29, 1.82) is 0 Å². The van der Waals surface area contributed by atoms with E-state index in [2.05, 4.69) is 20.6 Å². The third-order valence-corrected chi connectivity index (χ3v) is 4.84. The van der Waals surface area contributed by atoms with E-state index >= 15 is 0 Å². The molecule has 0 bridgehead atoms. The molecule has 148 valence electrons. The number of pyridine rings is 1. The summed E-state index contributed by atoms with van der Waals surface area (Å²) in [5.41, 5.74) is 4.63. The summed E-state index contributed by atoms with van der Waals surface area (Å²) in [7, 11) is 1.65. The lowest BCUT2D eigenvalue weighted by Gasteiger charge is -2.26. The van der Waals surface area contributed by atoms with E-state index in [9.17, 15) is 0 Å². The van der Waals surface area contributed by atoms with Gasteiger partial charge in [0.25, 0.3) is 0 Å². The highest BCUT2D eigenvalue weighted by molar-refractivity contribution is 6.13. The predicted octanol–water partition coefficient (Wildman–Crippen LogP) is 4.73. The van der Waals surface area contributed by atoms with Gasteiger partial charge in [-0.15, -0.1) is 0 Å². The van der Waals surface area contributed by atoms with Crippen LogP contribution in [0.1, 0.15) is 17.3 Å². The summed E-state index contributed by atoms with van der Waals surface area (Å²) in [6.45, 7) is 0. The molecular formula is C23H19N5O2. The summed E-state index contributed by atoms with van der Waals surface area (Å²) in [4.78, 5) is 13.4. The zero-order valence-corrected chi connectivity index (χ0v) is 16.2. The van der Waals surface area contributed by atoms with Crippen LogP contribution < -0.4 is 15.4 Å². The van der Waals surface area contributed by atoms with Gasteiger partial charge in [0.15, 0.2) is 0 Å². The van der Waals surface area contributed by atoms with E-state index in [4.69, 9.17) is 14.1 Å². The topological polar surface area (TPSA) is 84.6 Å². The first-order valence-corrected chi connectivity index (χ1v) is 9.50. The Bertz CT molecular complexity index is 1190. The van der Waals surface area contributed by atoms with Crippen molar-refractivity contribution in [3.63, 3.8) is 0 Å². The number of aromatic nitrogens is 2. The molecule has 30 heavy (non-hydrogen) atoms. The first-order chi connectivity index (χ1) is 14.8. The number of fused-ring (bicyclic) bond motifs is 1. The van der Waals surface area contributed by atoms with Crippen LogP contribution in [-0.2, 0) is 0 Å². The molecule has 5 rings (SSSR count). The summed E-state index contributed by atoms with van der Waals surface area (Å²) in [6, 6.07) is 17.7. The smallest absolute Gasteiger partial charge is 0.225 e. The minimum Gasteiger partial charge on any atom is -0.497 e. The van der Waals surface area contributed by atoms with Crippen LogP contribution in [0.4, 0.5) is 11.4 Å². The Labute approximate surface area is 173 Å². The molecule has 0 saturated carbocycles. The van der Waals surface area contributed by atoms with Gasteiger partial charge in [0.05, 0.1) is 13.3 Å². The Balaban J connectivity index is 1.54. The van der Waals surface area contributed by atoms with Crippen LogP contribution in [-0.4, -0.2) is 22.9 Å². The van der Waals surface area contributed by atoms with Crippen LogP contribution in [0.15, 0.2) is 88.9 Å². The zero-order chi connectivity index (χ0) is 20.3. The number of amidine groups is 1. The summed E-state index contributed by atoms with van der Waals surface area (Å²) >= 11 is 0. The SMILES string of the molecule is COc1ccc2c(c1)C(Nc1cccc(-c3ncco3)c1)=NC(c1cccnc1)N2. The van der Waals surface area contributed by atoms with Gasteiger partial charge in [-0.1, -0.05) is 12.1 Å². The van der Waals surface area contributed by atoms with E-state index in [0.717, 1.165) is 39.7 Å². The van der Waals surface area contributed by atoms with Gasteiger partial charge in [-0.3, -0.25) is 4.98 Å². The molecule has 7 nitrogen and oxygen atoms in total. The first kappa shape index (κ1) is 17.9. The molecule has 1 unspecified atom stereocenters. The Morgan fingerprint density at radius 2 is 2.03 bits per heavy atom. The molecule has 0 radical (unpaired) electrons. The highest BCUT2D eigenvalue weighted by Crippen LogP contribution is 2.33. The molecule has 2 aromatic carbocycles. The Morgan fingerprint density at radius 3 is 2.83 bits per heavy atom. The highest BCUT2D eigenvalue weighted by Gasteiger charge is 2.22. The highest BCUT2D eigenvalue weighted by atomic mass is 16.5. The Kier molecular flexibility index (Phi) is 4.61. The maximum absolute atomic E-state index is 5.42. The quantitative estimate of drug-likeness (QED) is 0.518. The second kappa shape index (κ2) is 7.71. The van der Waals surface area contributed by atoms with Crippen molar-refractivity contribution in [2.75, 3.05) is 17.7 Å². The van der Waals surface area contributed by atoms with Crippen molar-refractivity contribution < 1.29 is 9.15 Å². The van der Waals surface area contributed by atoms with Crippen molar-refractivity contribution in [2.45, 2.75) is 6.17 Å². The van der Waals surface area contributed by atoms with Crippen molar-refractivity contribution in [3.8, 4) is 17.2 Å². The second-order valence-corrected chi connectivity index (χ2v) is 6.77. The normalized spacial score (nSPS) is 15.0. The molecule has 0 fully saturated rings. The number of nitrogens with one attached hydrogen (secondary N) is 2. The van der Waals surface area contributed by atoms with Gasteiger partial charge in [0.2, 0.25) is 5.89 Å². The summed E-state index contributed by atoms with van der Waals surface area (Å²) in [5.74, 6) is 2.07. The van der Waals surface area contributed by atoms with Crippen molar-refractivity contribution in [1.82, 2.24) is 9.97 Å². The largest absolute Gasteiger partial charge is 0.497 e. The third kappa shape index (κ3) is 3.48. The molecular weight excluding hydrogens is 378 g/mol. The molecule has 2 aromatic heterocycles. The Morgan fingerprint density at radius 1 is 1.07 bits per heavy atom. The minimum atomic E-state index is -0.253. The lowest BCUT2D eigenvalue weighted by atomic mass is 10.1. The number of hydrogen-bond acceptors (Lipinski definition) is 7. The van der Waals surface area contributed by atoms with Crippen molar-refractivity contribution in [2.24, 2.45) is 4.99 Å². The monoisotopic (exact) mass is 397 g/mol. The average molecular weight is 397 g/mol. The second-order valence-electron chi connectivity index (χ2n) is 6.77. The van der Waals surface area contributed by atoms with Crippen LogP contribution in [0.3, 0.4) is 0 Å². The van der Waals surface area contributed by atoms with Crippen LogP contribution in [0.25, 0.3) is 11.5 Å². The van der Waals surface area contributed by atoms with E-state index in [1.165, 1.54) is 0 Å². The summed E-state index contributed by atoms with van der Waals surface area (Å²) in [6.07, 6.45) is 6.51. The zero-order valence-electron chi connectivity index (χ0n) is 16.2. The van der Waals surface area contributed by atoms with Gasteiger partial charge in [-0.05, 0) is 42.5 Å². The Hall–Kier alpha value is -4.13. The van der Waals surface area contributed by atoms with Crippen LogP contribution in [0.5, 0.6) is 5.75 Å². The van der Waals surface area contributed by atoms with E-state index < -0.39 is 0 Å². The standard InChI is InChI=1S/C23H19N5O2/c1-29-18-7-8-20-19(13-18)22(28-21(27-20)16-5-3-9-24-14-16)26-17-6-2-4-15(12-17)23-25-10-11-30-23/h2-14,21,27H,1H3,(H,26,28). The average Bonchev–Trinajstić information content (AvgIpc) is 3.35. The molecule has 7 heteroatoms. The summed E-state index contributed by atoms with van der Waals surface area (Å²) in [5, 5.41) is 6.92. The number of nitrogens with zero attached hydrogens (tertiary/aromatic N) is 3. The van der Waals surface area contributed by atoms with Crippen LogP contribution in [0.2, 0.25) is 0 Å². The molecule has 0 spiro atoms. The van der Waals surface area contributed by atoms with Gasteiger partial charge in [0, 0.05) is 40.5 Å². The molecule has 0 aliphatic carbocycles. The lowest BCUT2D eigenvalue weighted by Crippen LogP contribution is -2.25. The molecule has 4 aromatic rings. The fourth-order valence-corrected chi connectivity index (χ4v) is 3.38. The molecule has 0 saturated heterocycles. The van der Waals surface area contributed by atoms with Gasteiger partial charge in [0.1, 0.15) is 24.0 Å². The lowest BCUT2D eigenvalue weighted by molar-refractivity contribution is 0.414. The number of oxazole rings is 1.